The van der Waals surface area contributed by atoms with Crippen LogP contribution in [-0.2, 0) is 0 Å². The Labute approximate surface area is 119 Å². The smallest absolute Gasteiger partial charge is 0.324 e. The van der Waals surface area contributed by atoms with Crippen LogP contribution in [0.3, 0.4) is 0 Å². The van der Waals surface area contributed by atoms with Crippen LogP contribution in [0.4, 0.5) is 10.5 Å². The summed E-state index contributed by atoms with van der Waals surface area (Å²) in [7, 11) is 1.57. The second-order valence-electron chi connectivity index (χ2n) is 4.66. The van der Waals surface area contributed by atoms with Gasteiger partial charge in [-0.3, -0.25) is 9.69 Å². The van der Waals surface area contributed by atoms with Crippen molar-refractivity contribution < 1.29 is 14.3 Å². The van der Waals surface area contributed by atoms with Crippen molar-refractivity contribution in [2.75, 3.05) is 31.6 Å². The van der Waals surface area contributed by atoms with E-state index < -0.39 is 0 Å². The molecular weight excluding hydrogens is 256 g/mol. The number of nitrogens with zero attached hydrogens (tertiary/aromatic N) is 2. The zero-order chi connectivity index (χ0) is 14.7. The number of rotatable bonds is 3. The Bertz CT molecular complexity index is 524. The van der Waals surface area contributed by atoms with Gasteiger partial charge in [-0.2, -0.15) is 0 Å². The van der Waals surface area contributed by atoms with E-state index in [-0.39, 0.29) is 11.8 Å². The standard InChI is InChI=1S/C15H20N2O3/c1-4-16(5-2)15(19)17-9-8-14(18)12-7-6-11(20-3)10-13(12)17/h6-7,10H,4-5,8-9H2,1-3H3. The minimum Gasteiger partial charge on any atom is -0.497 e. The van der Waals surface area contributed by atoms with Crippen LogP contribution >= 0.6 is 0 Å². The Morgan fingerprint density at radius 3 is 2.65 bits per heavy atom. The minimum absolute atomic E-state index is 0.0583. The van der Waals surface area contributed by atoms with Crippen LogP contribution in [0.25, 0.3) is 0 Å². The number of amides is 2. The number of urea groups is 1. The van der Waals surface area contributed by atoms with Crippen LogP contribution in [0.5, 0.6) is 5.75 Å². The van der Waals surface area contributed by atoms with Crippen LogP contribution in [0.2, 0.25) is 0 Å². The third kappa shape index (κ3) is 2.48. The molecule has 1 aliphatic heterocycles. The molecule has 1 aliphatic rings. The molecule has 0 atom stereocenters. The van der Waals surface area contributed by atoms with Crippen molar-refractivity contribution in [3.05, 3.63) is 23.8 Å². The Hall–Kier alpha value is -2.04. The van der Waals surface area contributed by atoms with Gasteiger partial charge >= 0.3 is 6.03 Å². The van der Waals surface area contributed by atoms with Crippen molar-refractivity contribution in [3.8, 4) is 5.75 Å². The van der Waals surface area contributed by atoms with Gasteiger partial charge in [0.05, 0.1) is 12.8 Å². The molecule has 0 saturated heterocycles. The fourth-order valence-electron chi connectivity index (χ4n) is 2.43. The maximum absolute atomic E-state index is 12.5. The topological polar surface area (TPSA) is 49.9 Å². The molecule has 1 aromatic carbocycles. The van der Waals surface area contributed by atoms with Crippen molar-refractivity contribution in [3.63, 3.8) is 0 Å². The molecular formula is C15H20N2O3. The number of ether oxygens (including phenoxy) is 1. The first-order chi connectivity index (χ1) is 9.62. The van der Waals surface area contributed by atoms with Crippen molar-refractivity contribution in [2.45, 2.75) is 20.3 Å². The molecule has 20 heavy (non-hydrogen) atoms. The van der Waals surface area contributed by atoms with E-state index in [2.05, 4.69) is 0 Å². The number of methoxy groups -OCH3 is 1. The van der Waals surface area contributed by atoms with Gasteiger partial charge in [-0.1, -0.05) is 0 Å². The highest BCUT2D eigenvalue weighted by Crippen LogP contribution is 2.31. The molecule has 0 unspecified atom stereocenters. The second kappa shape index (κ2) is 5.94. The molecule has 5 heteroatoms. The summed E-state index contributed by atoms with van der Waals surface area (Å²) in [6.45, 7) is 5.62. The number of carbonyl (C=O) groups excluding carboxylic acids is 2. The summed E-state index contributed by atoms with van der Waals surface area (Å²) in [5.41, 5.74) is 1.25. The van der Waals surface area contributed by atoms with Crippen LogP contribution in [0.15, 0.2) is 18.2 Å². The number of benzene rings is 1. The molecule has 0 fully saturated rings. The molecule has 108 valence electrons. The first-order valence-electron chi connectivity index (χ1n) is 6.90. The van der Waals surface area contributed by atoms with Gasteiger partial charge in [0.25, 0.3) is 0 Å². The Morgan fingerprint density at radius 1 is 1.35 bits per heavy atom. The first-order valence-corrected chi connectivity index (χ1v) is 6.90. The van der Waals surface area contributed by atoms with E-state index in [4.69, 9.17) is 4.74 Å². The maximum Gasteiger partial charge on any atom is 0.324 e. The third-order valence-electron chi connectivity index (χ3n) is 3.62. The Morgan fingerprint density at radius 2 is 2.05 bits per heavy atom. The molecule has 0 bridgehead atoms. The van der Waals surface area contributed by atoms with Gasteiger partial charge in [-0.15, -0.1) is 0 Å². The molecule has 0 radical (unpaired) electrons. The monoisotopic (exact) mass is 276 g/mol. The van der Waals surface area contributed by atoms with Crippen LogP contribution in [-0.4, -0.2) is 43.5 Å². The number of Topliss-reactive ketones (excluding diaryl/α,β-unsaturated/α-hetero) is 1. The molecule has 0 N–H and O–H groups in total. The predicted molar refractivity (Wildman–Crippen MR) is 77.6 cm³/mol. The molecule has 0 aliphatic carbocycles. The van der Waals surface area contributed by atoms with Crippen molar-refractivity contribution in [2.24, 2.45) is 0 Å². The summed E-state index contributed by atoms with van der Waals surface area (Å²) in [4.78, 5) is 27.9. The summed E-state index contributed by atoms with van der Waals surface area (Å²) in [5.74, 6) is 0.724. The number of ketones is 1. The fourth-order valence-corrected chi connectivity index (χ4v) is 2.43. The minimum atomic E-state index is -0.0583. The average Bonchev–Trinajstić information content (AvgIpc) is 2.48. The molecule has 0 aromatic heterocycles. The SMILES string of the molecule is CCN(CC)C(=O)N1CCC(=O)c2ccc(OC)cc21. The number of hydrogen-bond acceptors (Lipinski definition) is 3. The summed E-state index contributed by atoms with van der Waals surface area (Å²) < 4.78 is 5.19. The lowest BCUT2D eigenvalue weighted by Gasteiger charge is -2.33. The van der Waals surface area contributed by atoms with Gasteiger partial charge < -0.3 is 9.64 Å². The van der Waals surface area contributed by atoms with Gasteiger partial charge in [0.2, 0.25) is 0 Å². The van der Waals surface area contributed by atoms with Crippen LogP contribution in [0, 0.1) is 0 Å². The van der Waals surface area contributed by atoms with E-state index in [0.717, 1.165) is 0 Å². The van der Waals surface area contributed by atoms with Crippen molar-refractivity contribution in [1.82, 2.24) is 4.90 Å². The Kier molecular flexibility index (Phi) is 4.27. The number of hydrogen-bond donors (Lipinski definition) is 0. The number of carbonyl (C=O) groups is 2. The van der Waals surface area contributed by atoms with E-state index in [1.807, 2.05) is 13.8 Å². The van der Waals surface area contributed by atoms with E-state index in [9.17, 15) is 9.59 Å². The summed E-state index contributed by atoms with van der Waals surface area (Å²) in [5, 5.41) is 0. The summed E-state index contributed by atoms with van der Waals surface area (Å²) in [6.07, 6.45) is 0.367. The third-order valence-corrected chi connectivity index (χ3v) is 3.62. The Balaban J connectivity index is 2.41. The summed E-state index contributed by atoms with van der Waals surface area (Å²) in [6, 6.07) is 5.19. The van der Waals surface area contributed by atoms with Crippen LogP contribution < -0.4 is 9.64 Å². The second-order valence-corrected chi connectivity index (χ2v) is 4.66. The van der Waals surface area contributed by atoms with Gasteiger partial charge in [0.15, 0.2) is 5.78 Å². The molecule has 1 aromatic rings. The molecule has 2 amide bonds. The van der Waals surface area contributed by atoms with Gasteiger partial charge in [-0.05, 0) is 26.0 Å². The molecule has 1 heterocycles. The lowest BCUT2D eigenvalue weighted by molar-refractivity contribution is 0.0980. The fraction of sp³-hybridized carbons (Fsp3) is 0.467. The lowest BCUT2D eigenvalue weighted by atomic mass is 10.0. The number of anilines is 1. The normalized spacial score (nSPS) is 13.9. The zero-order valence-corrected chi connectivity index (χ0v) is 12.2. The van der Waals surface area contributed by atoms with Gasteiger partial charge in [0, 0.05) is 37.7 Å². The van der Waals surface area contributed by atoms with E-state index in [1.54, 1.807) is 35.1 Å². The van der Waals surface area contributed by atoms with Crippen molar-refractivity contribution in [1.29, 1.82) is 0 Å². The molecule has 2 rings (SSSR count). The molecule has 0 spiro atoms. The molecule has 0 saturated carbocycles. The van der Waals surface area contributed by atoms with Gasteiger partial charge in [0.1, 0.15) is 5.75 Å². The van der Waals surface area contributed by atoms with Crippen LogP contribution in [0.1, 0.15) is 30.6 Å². The van der Waals surface area contributed by atoms with Crippen molar-refractivity contribution >= 4 is 17.5 Å². The highest BCUT2D eigenvalue weighted by Gasteiger charge is 2.29. The number of fused-ring (bicyclic) bond motifs is 1. The predicted octanol–water partition coefficient (Wildman–Crippen LogP) is 2.55. The average molecular weight is 276 g/mol. The van der Waals surface area contributed by atoms with E-state index in [1.165, 1.54) is 0 Å². The molecule has 5 nitrogen and oxygen atoms in total. The quantitative estimate of drug-likeness (QED) is 0.852. The highest BCUT2D eigenvalue weighted by atomic mass is 16.5. The van der Waals surface area contributed by atoms with E-state index >= 15 is 0 Å². The van der Waals surface area contributed by atoms with Gasteiger partial charge in [-0.25, -0.2) is 4.79 Å². The lowest BCUT2D eigenvalue weighted by Crippen LogP contribution is -2.46. The summed E-state index contributed by atoms with van der Waals surface area (Å²) >= 11 is 0. The largest absolute Gasteiger partial charge is 0.497 e. The first kappa shape index (κ1) is 14.4. The van der Waals surface area contributed by atoms with E-state index in [0.29, 0.717) is 43.1 Å². The maximum atomic E-state index is 12.5. The zero-order valence-electron chi connectivity index (χ0n) is 12.2. The highest BCUT2D eigenvalue weighted by molar-refractivity contribution is 6.08.